The van der Waals surface area contributed by atoms with E-state index in [4.69, 9.17) is 27.9 Å². The van der Waals surface area contributed by atoms with Crippen molar-refractivity contribution in [2.45, 2.75) is 36.8 Å². The number of ether oxygens (including phenoxy) is 1. The molecule has 9 heavy (non-hydrogen) atoms. The number of alkyl halides is 2. The molecule has 1 nitrogen and oxygen atoms in total. The number of halogens is 2. The van der Waals surface area contributed by atoms with Gasteiger partial charge in [-0.15, -0.1) is 23.2 Å². The molecule has 0 saturated carbocycles. The summed E-state index contributed by atoms with van der Waals surface area (Å²) in [5, 5.41) is 0.187. The monoisotopic (exact) mass is 168 g/mol. The Morgan fingerprint density at radius 2 is 1.44 bits per heavy atom. The molecule has 4 unspecified atom stereocenters. The van der Waals surface area contributed by atoms with Crippen molar-refractivity contribution in [1.29, 1.82) is 0 Å². The van der Waals surface area contributed by atoms with Crippen molar-refractivity contribution >= 4 is 23.2 Å². The van der Waals surface area contributed by atoms with Gasteiger partial charge in [0.1, 0.15) is 12.2 Å². The zero-order valence-electron chi connectivity index (χ0n) is 5.47. The van der Waals surface area contributed by atoms with Gasteiger partial charge < -0.3 is 4.74 Å². The van der Waals surface area contributed by atoms with Crippen molar-refractivity contribution in [3.63, 3.8) is 0 Å². The fourth-order valence-corrected chi connectivity index (χ4v) is 1.28. The first-order chi connectivity index (χ1) is 4.13. The van der Waals surface area contributed by atoms with Crippen LogP contribution in [0.15, 0.2) is 0 Å². The Morgan fingerprint density at radius 1 is 1.11 bits per heavy atom. The van der Waals surface area contributed by atoms with Gasteiger partial charge in [-0.2, -0.15) is 0 Å². The maximum Gasteiger partial charge on any atom is 0.102 e. The number of rotatable bonds is 2. The van der Waals surface area contributed by atoms with Gasteiger partial charge >= 0.3 is 0 Å². The number of hydrogen-bond acceptors (Lipinski definition) is 1. The standard InChI is InChI=1S/C6H10Cl2O/c1-3(7)5-6(9-5)4(2)8/h3-6H,1-2H3. The van der Waals surface area contributed by atoms with Crippen LogP contribution in [0.25, 0.3) is 0 Å². The van der Waals surface area contributed by atoms with E-state index in [-0.39, 0.29) is 23.0 Å². The van der Waals surface area contributed by atoms with Crippen LogP contribution in [0.5, 0.6) is 0 Å². The van der Waals surface area contributed by atoms with Gasteiger partial charge in [-0.3, -0.25) is 0 Å². The average molecular weight is 169 g/mol. The summed E-state index contributed by atoms with van der Waals surface area (Å²) in [4.78, 5) is 0. The van der Waals surface area contributed by atoms with Gasteiger partial charge in [-0.05, 0) is 13.8 Å². The third kappa shape index (κ3) is 1.73. The average Bonchev–Trinajstić information content (AvgIpc) is 2.39. The molecule has 0 amide bonds. The van der Waals surface area contributed by atoms with E-state index >= 15 is 0 Å². The predicted octanol–water partition coefficient (Wildman–Crippen LogP) is 2.01. The lowest BCUT2D eigenvalue weighted by Crippen LogP contribution is -2.11. The summed E-state index contributed by atoms with van der Waals surface area (Å²) in [5.41, 5.74) is 0. The highest BCUT2D eigenvalue weighted by atomic mass is 35.5. The van der Waals surface area contributed by atoms with Crippen LogP contribution in [0.2, 0.25) is 0 Å². The first kappa shape index (κ1) is 7.64. The molecule has 1 aliphatic rings. The van der Waals surface area contributed by atoms with E-state index in [2.05, 4.69) is 0 Å². The molecule has 0 radical (unpaired) electrons. The molecule has 3 heteroatoms. The zero-order chi connectivity index (χ0) is 7.02. The Morgan fingerprint density at radius 3 is 1.56 bits per heavy atom. The molecule has 1 fully saturated rings. The van der Waals surface area contributed by atoms with Crippen molar-refractivity contribution in [2.24, 2.45) is 0 Å². The minimum absolute atomic E-state index is 0.0937. The molecule has 1 rings (SSSR count). The van der Waals surface area contributed by atoms with E-state index < -0.39 is 0 Å². The minimum Gasteiger partial charge on any atom is -0.366 e. The molecule has 0 aromatic carbocycles. The van der Waals surface area contributed by atoms with E-state index in [0.717, 1.165) is 0 Å². The fourth-order valence-electron chi connectivity index (χ4n) is 0.875. The molecular formula is C6H10Cl2O. The highest BCUT2D eigenvalue weighted by Crippen LogP contribution is 2.32. The molecule has 0 aromatic heterocycles. The van der Waals surface area contributed by atoms with Crippen LogP contribution in [0.4, 0.5) is 0 Å². The summed E-state index contributed by atoms with van der Waals surface area (Å²) >= 11 is 11.5. The van der Waals surface area contributed by atoms with E-state index in [0.29, 0.717) is 0 Å². The first-order valence-electron chi connectivity index (χ1n) is 3.06. The Bertz CT molecular complexity index is 91.2. The number of epoxide rings is 1. The molecule has 1 heterocycles. The highest BCUT2D eigenvalue weighted by molar-refractivity contribution is 6.22. The van der Waals surface area contributed by atoms with Crippen molar-refractivity contribution in [1.82, 2.24) is 0 Å². The van der Waals surface area contributed by atoms with Crippen LogP contribution >= 0.6 is 23.2 Å². The quantitative estimate of drug-likeness (QED) is 0.455. The second kappa shape index (κ2) is 2.65. The molecule has 1 saturated heterocycles. The molecule has 0 bridgehead atoms. The maximum absolute atomic E-state index is 5.73. The van der Waals surface area contributed by atoms with Crippen molar-refractivity contribution in [2.75, 3.05) is 0 Å². The normalized spacial score (nSPS) is 40.0. The van der Waals surface area contributed by atoms with Crippen molar-refractivity contribution < 1.29 is 4.74 Å². The topological polar surface area (TPSA) is 12.5 Å². The van der Waals surface area contributed by atoms with Crippen LogP contribution in [0.1, 0.15) is 13.8 Å². The largest absolute Gasteiger partial charge is 0.366 e. The van der Waals surface area contributed by atoms with Crippen LogP contribution in [0, 0.1) is 0 Å². The van der Waals surface area contributed by atoms with Crippen LogP contribution in [-0.4, -0.2) is 23.0 Å². The Balaban J connectivity index is 2.24. The van der Waals surface area contributed by atoms with Gasteiger partial charge in [0.2, 0.25) is 0 Å². The Kier molecular flexibility index (Phi) is 2.25. The molecule has 4 atom stereocenters. The van der Waals surface area contributed by atoms with Crippen LogP contribution in [-0.2, 0) is 4.74 Å². The molecule has 0 aliphatic carbocycles. The molecule has 54 valence electrons. The summed E-state index contributed by atoms with van der Waals surface area (Å²) in [6, 6.07) is 0. The Labute approximate surface area is 65.3 Å². The lowest BCUT2D eigenvalue weighted by Gasteiger charge is -1.95. The second-order valence-electron chi connectivity index (χ2n) is 2.42. The van der Waals surface area contributed by atoms with E-state index in [1.165, 1.54) is 0 Å². The lowest BCUT2D eigenvalue weighted by atomic mass is 10.2. The third-order valence-electron chi connectivity index (χ3n) is 1.47. The smallest absolute Gasteiger partial charge is 0.102 e. The van der Waals surface area contributed by atoms with Crippen molar-refractivity contribution in [3.8, 4) is 0 Å². The van der Waals surface area contributed by atoms with Gasteiger partial charge in [-0.25, -0.2) is 0 Å². The first-order valence-corrected chi connectivity index (χ1v) is 3.94. The maximum atomic E-state index is 5.73. The lowest BCUT2D eigenvalue weighted by molar-refractivity contribution is 0.366. The summed E-state index contributed by atoms with van der Waals surface area (Å²) in [7, 11) is 0. The Hall–Kier alpha value is 0.540. The molecule has 0 N–H and O–H groups in total. The van der Waals surface area contributed by atoms with Gasteiger partial charge in [0.25, 0.3) is 0 Å². The second-order valence-corrected chi connectivity index (χ2v) is 3.80. The predicted molar refractivity (Wildman–Crippen MR) is 39.3 cm³/mol. The van der Waals surface area contributed by atoms with E-state index in [1.807, 2.05) is 13.8 Å². The SMILES string of the molecule is CC(Cl)C1OC1C(C)Cl. The molecular weight excluding hydrogens is 159 g/mol. The molecule has 0 spiro atoms. The fraction of sp³-hybridized carbons (Fsp3) is 1.00. The van der Waals surface area contributed by atoms with Gasteiger partial charge in [0, 0.05) is 0 Å². The van der Waals surface area contributed by atoms with Gasteiger partial charge in [0.15, 0.2) is 0 Å². The van der Waals surface area contributed by atoms with Crippen LogP contribution < -0.4 is 0 Å². The summed E-state index contributed by atoms with van der Waals surface area (Å²) < 4.78 is 5.18. The summed E-state index contributed by atoms with van der Waals surface area (Å²) in [6.07, 6.45) is 0.387. The molecule has 1 aliphatic heterocycles. The summed E-state index contributed by atoms with van der Waals surface area (Å²) in [6.45, 7) is 3.84. The van der Waals surface area contributed by atoms with Gasteiger partial charge in [-0.1, -0.05) is 0 Å². The molecule has 0 aromatic rings. The van der Waals surface area contributed by atoms with Crippen LogP contribution in [0.3, 0.4) is 0 Å². The van der Waals surface area contributed by atoms with Crippen molar-refractivity contribution in [3.05, 3.63) is 0 Å². The minimum atomic E-state index is 0.0937. The van der Waals surface area contributed by atoms with E-state index in [1.54, 1.807) is 0 Å². The number of hydrogen-bond donors (Lipinski definition) is 0. The third-order valence-corrected chi connectivity index (χ3v) is 1.96. The van der Waals surface area contributed by atoms with E-state index in [9.17, 15) is 0 Å². The van der Waals surface area contributed by atoms with Gasteiger partial charge in [0.05, 0.1) is 10.8 Å². The zero-order valence-corrected chi connectivity index (χ0v) is 6.99. The highest BCUT2D eigenvalue weighted by Gasteiger charge is 2.45. The summed E-state index contributed by atoms with van der Waals surface area (Å²) in [5.74, 6) is 0.